The number of carbonyl (C=O) groups is 2. The third kappa shape index (κ3) is 4.36. The van der Waals surface area contributed by atoms with Gasteiger partial charge in [0.25, 0.3) is 0 Å². The van der Waals surface area contributed by atoms with Crippen LogP contribution in [0.4, 0.5) is 4.79 Å². The molecule has 1 rings (SSSR count). The average molecular weight is 273 g/mol. The molecule has 19 heavy (non-hydrogen) atoms. The Morgan fingerprint density at radius 1 is 1.37 bits per heavy atom. The summed E-state index contributed by atoms with van der Waals surface area (Å²) in [4.78, 5) is 26.5. The number of rotatable bonds is 6. The van der Waals surface area contributed by atoms with Crippen LogP contribution in [-0.2, 0) is 9.53 Å². The SMILES string of the molecule is CCN(C)CCNC(=O)N(C)C1COCC1C(=O)O. The Labute approximate surface area is 113 Å². The van der Waals surface area contributed by atoms with E-state index in [1.165, 1.54) is 4.90 Å². The molecule has 1 saturated heterocycles. The molecule has 1 aliphatic heterocycles. The number of carboxylic acid groups (broad SMARTS) is 1. The number of carbonyl (C=O) groups excluding carboxylic acids is 1. The largest absolute Gasteiger partial charge is 0.481 e. The Balaban J connectivity index is 2.41. The molecule has 0 spiro atoms. The summed E-state index contributed by atoms with van der Waals surface area (Å²) >= 11 is 0. The smallest absolute Gasteiger partial charge is 0.317 e. The second-order valence-electron chi connectivity index (χ2n) is 4.79. The molecule has 0 saturated carbocycles. The zero-order valence-corrected chi connectivity index (χ0v) is 11.8. The van der Waals surface area contributed by atoms with Gasteiger partial charge in [-0.2, -0.15) is 0 Å². The molecule has 1 heterocycles. The van der Waals surface area contributed by atoms with Crippen molar-refractivity contribution in [2.45, 2.75) is 13.0 Å². The van der Waals surface area contributed by atoms with Gasteiger partial charge in [0.2, 0.25) is 0 Å². The van der Waals surface area contributed by atoms with E-state index in [0.717, 1.165) is 13.1 Å². The molecule has 0 aromatic rings. The van der Waals surface area contributed by atoms with Gasteiger partial charge in [0.15, 0.2) is 0 Å². The molecule has 1 aliphatic rings. The zero-order chi connectivity index (χ0) is 14.4. The topological polar surface area (TPSA) is 82.1 Å². The van der Waals surface area contributed by atoms with Gasteiger partial charge in [-0.05, 0) is 13.6 Å². The van der Waals surface area contributed by atoms with Crippen LogP contribution in [0.25, 0.3) is 0 Å². The maximum atomic E-state index is 11.9. The lowest BCUT2D eigenvalue weighted by Crippen LogP contribution is -2.49. The fourth-order valence-corrected chi connectivity index (χ4v) is 1.95. The molecular formula is C12H23N3O4. The van der Waals surface area contributed by atoms with Gasteiger partial charge in [-0.15, -0.1) is 0 Å². The Morgan fingerprint density at radius 3 is 2.63 bits per heavy atom. The van der Waals surface area contributed by atoms with E-state index >= 15 is 0 Å². The highest BCUT2D eigenvalue weighted by Gasteiger charge is 2.38. The number of urea groups is 1. The lowest BCUT2D eigenvalue weighted by Gasteiger charge is -2.26. The summed E-state index contributed by atoms with van der Waals surface area (Å²) in [5.74, 6) is -1.57. The van der Waals surface area contributed by atoms with Gasteiger partial charge in [-0.1, -0.05) is 6.92 Å². The fourth-order valence-electron chi connectivity index (χ4n) is 1.95. The maximum absolute atomic E-state index is 11.9. The molecule has 0 bridgehead atoms. The van der Waals surface area contributed by atoms with Crippen LogP contribution in [0.1, 0.15) is 6.92 Å². The predicted octanol–water partition coefficient (Wildman–Crippen LogP) is -0.321. The summed E-state index contributed by atoms with van der Waals surface area (Å²) in [6, 6.07) is -0.660. The van der Waals surface area contributed by atoms with E-state index in [9.17, 15) is 9.59 Å². The summed E-state index contributed by atoms with van der Waals surface area (Å²) in [6.07, 6.45) is 0. The summed E-state index contributed by atoms with van der Waals surface area (Å²) in [5.41, 5.74) is 0. The molecule has 0 aromatic carbocycles. The normalized spacial score (nSPS) is 22.5. The second-order valence-corrected chi connectivity index (χ2v) is 4.79. The number of hydrogen-bond acceptors (Lipinski definition) is 4. The van der Waals surface area contributed by atoms with Gasteiger partial charge >= 0.3 is 12.0 Å². The number of aliphatic carboxylic acids is 1. The lowest BCUT2D eigenvalue weighted by molar-refractivity contribution is -0.142. The van der Waals surface area contributed by atoms with Crippen LogP contribution in [0.3, 0.4) is 0 Å². The van der Waals surface area contributed by atoms with Crippen molar-refractivity contribution >= 4 is 12.0 Å². The Kier molecular flexibility index (Phi) is 6.04. The number of amides is 2. The molecule has 1 fully saturated rings. The van der Waals surface area contributed by atoms with Crippen LogP contribution < -0.4 is 5.32 Å². The molecule has 2 amide bonds. The number of nitrogens with zero attached hydrogens (tertiary/aromatic N) is 2. The highest BCUT2D eigenvalue weighted by molar-refractivity contribution is 5.77. The molecule has 2 unspecified atom stereocenters. The molecule has 2 atom stereocenters. The first-order chi connectivity index (χ1) is 8.97. The first kappa shape index (κ1) is 15.7. The van der Waals surface area contributed by atoms with Crippen LogP contribution in [-0.4, -0.2) is 79.9 Å². The minimum atomic E-state index is -0.923. The molecule has 0 aliphatic carbocycles. The monoisotopic (exact) mass is 273 g/mol. The van der Waals surface area contributed by atoms with Gasteiger partial charge in [0.1, 0.15) is 5.92 Å². The average Bonchev–Trinajstić information content (AvgIpc) is 2.86. The Hall–Kier alpha value is -1.34. The first-order valence-corrected chi connectivity index (χ1v) is 6.47. The summed E-state index contributed by atoms with van der Waals surface area (Å²) in [6.45, 7) is 4.70. The molecule has 0 radical (unpaired) electrons. The maximum Gasteiger partial charge on any atom is 0.317 e. The predicted molar refractivity (Wildman–Crippen MR) is 70.1 cm³/mol. The molecule has 110 valence electrons. The van der Waals surface area contributed by atoms with E-state index in [1.54, 1.807) is 7.05 Å². The summed E-state index contributed by atoms with van der Waals surface area (Å²) in [5, 5.41) is 11.8. The van der Waals surface area contributed by atoms with E-state index in [2.05, 4.69) is 10.2 Å². The van der Waals surface area contributed by atoms with Crippen molar-refractivity contribution in [3.8, 4) is 0 Å². The highest BCUT2D eigenvalue weighted by atomic mass is 16.5. The van der Waals surface area contributed by atoms with Crippen LogP contribution in [0.15, 0.2) is 0 Å². The van der Waals surface area contributed by atoms with Crippen molar-refractivity contribution in [2.75, 3.05) is 46.9 Å². The van der Waals surface area contributed by atoms with Crippen LogP contribution in [0, 0.1) is 5.92 Å². The van der Waals surface area contributed by atoms with Crippen molar-refractivity contribution < 1.29 is 19.4 Å². The minimum absolute atomic E-state index is 0.163. The van der Waals surface area contributed by atoms with E-state index in [4.69, 9.17) is 9.84 Å². The van der Waals surface area contributed by atoms with E-state index in [-0.39, 0.29) is 19.2 Å². The first-order valence-electron chi connectivity index (χ1n) is 6.47. The minimum Gasteiger partial charge on any atom is -0.481 e. The van der Waals surface area contributed by atoms with Crippen LogP contribution in [0.2, 0.25) is 0 Å². The Bertz CT molecular complexity index is 324. The number of nitrogens with one attached hydrogen (secondary N) is 1. The molecule has 7 nitrogen and oxygen atoms in total. The highest BCUT2D eigenvalue weighted by Crippen LogP contribution is 2.18. The Morgan fingerprint density at radius 2 is 2.05 bits per heavy atom. The standard InChI is InChI=1S/C12H23N3O4/c1-4-14(2)6-5-13-12(18)15(3)10-8-19-7-9(10)11(16)17/h9-10H,4-8H2,1-3H3,(H,13,18)(H,16,17). The van der Waals surface area contributed by atoms with Gasteiger partial charge in [-0.3, -0.25) is 4.79 Å². The summed E-state index contributed by atoms with van der Waals surface area (Å²) in [7, 11) is 3.58. The van der Waals surface area contributed by atoms with E-state index in [1.807, 2.05) is 14.0 Å². The van der Waals surface area contributed by atoms with Crippen molar-refractivity contribution in [2.24, 2.45) is 5.92 Å². The zero-order valence-electron chi connectivity index (χ0n) is 11.8. The van der Waals surface area contributed by atoms with Gasteiger partial charge in [0.05, 0.1) is 19.3 Å². The quantitative estimate of drug-likeness (QED) is 0.693. The molecular weight excluding hydrogens is 250 g/mol. The van der Waals surface area contributed by atoms with Crippen molar-refractivity contribution in [1.29, 1.82) is 0 Å². The lowest BCUT2D eigenvalue weighted by atomic mass is 10.0. The van der Waals surface area contributed by atoms with Gasteiger partial charge in [0, 0.05) is 20.1 Å². The van der Waals surface area contributed by atoms with E-state index in [0.29, 0.717) is 6.54 Å². The second kappa shape index (κ2) is 7.30. The summed E-state index contributed by atoms with van der Waals surface area (Å²) < 4.78 is 5.15. The van der Waals surface area contributed by atoms with Crippen molar-refractivity contribution in [3.63, 3.8) is 0 Å². The molecule has 2 N–H and O–H groups in total. The number of ether oxygens (including phenoxy) is 1. The van der Waals surface area contributed by atoms with Gasteiger partial charge in [-0.25, -0.2) is 4.79 Å². The van der Waals surface area contributed by atoms with E-state index < -0.39 is 17.9 Å². The number of likely N-dealkylation sites (N-methyl/N-ethyl adjacent to an activating group) is 2. The third-order valence-electron chi connectivity index (χ3n) is 3.50. The van der Waals surface area contributed by atoms with Gasteiger partial charge < -0.3 is 25.0 Å². The number of hydrogen-bond donors (Lipinski definition) is 2. The van der Waals surface area contributed by atoms with Crippen LogP contribution >= 0.6 is 0 Å². The van der Waals surface area contributed by atoms with Crippen molar-refractivity contribution in [3.05, 3.63) is 0 Å². The third-order valence-corrected chi connectivity index (χ3v) is 3.50. The van der Waals surface area contributed by atoms with Crippen molar-refractivity contribution in [1.82, 2.24) is 15.1 Å². The molecule has 7 heteroatoms. The molecule has 0 aromatic heterocycles. The number of carboxylic acids is 1. The fraction of sp³-hybridized carbons (Fsp3) is 0.833. The van der Waals surface area contributed by atoms with Crippen LogP contribution in [0.5, 0.6) is 0 Å².